The zero-order valence-electron chi connectivity index (χ0n) is 9.57. The number of halogens is 1. The van der Waals surface area contributed by atoms with Crippen LogP contribution in [0.15, 0.2) is 12.4 Å². The van der Waals surface area contributed by atoms with Gasteiger partial charge in [-0.1, -0.05) is 0 Å². The van der Waals surface area contributed by atoms with Gasteiger partial charge < -0.3 is 4.90 Å². The molecule has 2 aromatic rings. The van der Waals surface area contributed by atoms with E-state index in [0.29, 0.717) is 0 Å². The molecule has 5 heteroatoms. The molecule has 16 heavy (non-hydrogen) atoms. The van der Waals surface area contributed by atoms with Gasteiger partial charge in [0.2, 0.25) is 0 Å². The van der Waals surface area contributed by atoms with E-state index < -0.39 is 0 Å². The molecule has 86 valence electrons. The molecule has 0 aliphatic rings. The van der Waals surface area contributed by atoms with Crippen LogP contribution in [0.4, 0.5) is 5.82 Å². The Kier molecular flexibility index (Phi) is 3.30. The second-order valence-corrected chi connectivity index (χ2v) is 5.91. The number of aryl methyl sites for hydroxylation is 1. The summed E-state index contributed by atoms with van der Waals surface area (Å²) in [6.07, 6.45) is 1.61. The SMILES string of the molecule is Cc1cc2c(N(C)CC(C)Cl)ncnc2s1. The van der Waals surface area contributed by atoms with Gasteiger partial charge in [-0.25, -0.2) is 9.97 Å². The third-order valence-corrected chi connectivity index (χ3v) is 3.42. The molecular weight excluding hydrogens is 242 g/mol. The maximum absolute atomic E-state index is 6.00. The number of hydrogen-bond acceptors (Lipinski definition) is 4. The molecule has 1 unspecified atom stereocenters. The first kappa shape index (κ1) is 11.6. The number of anilines is 1. The van der Waals surface area contributed by atoms with Crippen molar-refractivity contribution in [1.29, 1.82) is 0 Å². The predicted molar refractivity (Wildman–Crippen MR) is 70.7 cm³/mol. The topological polar surface area (TPSA) is 29.0 Å². The summed E-state index contributed by atoms with van der Waals surface area (Å²) in [6, 6.07) is 2.13. The molecule has 0 spiro atoms. The molecule has 0 amide bonds. The molecule has 0 saturated heterocycles. The summed E-state index contributed by atoms with van der Waals surface area (Å²) in [5.41, 5.74) is 0. The molecule has 0 aromatic carbocycles. The Morgan fingerprint density at radius 1 is 1.50 bits per heavy atom. The molecule has 0 aliphatic heterocycles. The van der Waals surface area contributed by atoms with Gasteiger partial charge in [0.1, 0.15) is 17.0 Å². The molecule has 3 nitrogen and oxygen atoms in total. The van der Waals surface area contributed by atoms with Crippen LogP contribution in [-0.4, -0.2) is 28.9 Å². The molecular formula is C11H14ClN3S. The number of fused-ring (bicyclic) bond motifs is 1. The third kappa shape index (κ3) is 2.28. The Morgan fingerprint density at radius 2 is 2.25 bits per heavy atom. The fraction of sp³-hybridized carbons (Fsp3) is 0.455. The lowest BCUT2D eigenvalue weighted by Crippen LogP contribution is -2.25. The molecule has 2 rings (SSSR count). The maximum atomic E-state index is 6.00. The van der Waals surface area contributed by atoms with Gasteiger partial charge in [-0.3, -0.25) is 0 Å². The number of hydrogen-bond donors (Lipinski definition) is 0. The number of alkyl halides is 1. The molecule has 0 aliphatic carbocycles. The summed E-state index contributed by atoms with van der Waals surface area (Å²) in [6.45, 7) is 4.85. The van der Waals surface area contributed by atoms with E-state index in [2.05, 4.69) is 27.9 Å². The average Bonchev–Trinajstić information content (AvgIpc) is 2.55. The van der Waals surface area contributed by atoms with Crippen LogP contribution in [0.2, 0.25) is 0 Å². The van der Waals surface area contributed by atoms with Gasteiger partial charge in [0, 0.05) is 23.8 Å². The molecule has 2 heterocycles. The van der Waals surface area contributed by atoms with Crippen molar-refractivity contribution in [1.82, 2.24) is 9.97 Å². The smallest absolute Gasteiger partial charge is 0.140 e. The van der Waals surface area contributed by atoms with Crippen molar-refractivity contribution in [2.45, 2.75) is 19.2 Å². The van der Waals surface area contributed by atoms with E-state index in [1.165, 1.54) is 4.88 Å². The van der Waals surface area contributed by atoms with E-state index >= 15 is 0 Å². The minimum Gasteiger partial charge on any atom is -0.358 e. The van der Waals surface area contributed by atoms with Gasteiger partial charge in [0.15, 0.2) is 0 Å². The molecule has 0 fully saturated rings. The monoisotopic (exact) mass is 255 g/mol. The second kappa shape index (κ2) is 4.55. The lowest BCUT2D eigenvalue weighted by molar-refractivity contribution is 0.847. The molecule has 0 saturated carbocycles. The van der Waals surface area contributed by atoms with Crippen LogP contribution in [0.1, 0.15) is 11.8 Å². The van der Waals surface area contributed by atoms with Crippen LogP contribution < -0.4 is 4.90 Å². The lowest BCUT2D eigenvalue weighted by atomic mass is 10.3. The van der Waals surface area contributed by atoms with E-state index in [-0.39, 0.29) is 5.38 Å². The first-order valence-electron chi connectivity index (χ1n) is 5.14. The van der Waals surface area contributed by atoms with Crippen molar-refractivity contribution in [3.63, 3.8) is 0 Å². The fourth-order valence-electron chi connectivity index (χ4n) is 1.73. The normalized spacial score (nSPS) is 13.0. The zero-order chi connectivity index (χ0) is 11.7. The number of rotatable bonds is 3. The largest absolute Gasteiger partial charge is 0.358 e. The Bertz CT molecular complexity index is 495. The number of thiophene rings is 1. The van der Waals surface area contributed by atoms with Gasteiger partial charge in [-0.15, -0.1) is 22.9 Å². The second-order valence-electron chi connectivity index (χ2n) is 3.93. The van der Waals surface area contributed by atoms with Crippen molar-refractivity contribution in [3.8, 4) is 0 Å². The van der Waals surface area contributed by atoms with Gasteiger partial charge in [-0.2, -0.15) is 0 Å². The van der Waals surface area contributed by atoms with Crippen LogP contribution in [-0.2, 0) is 0 Å². The van der Waals surface area contributed by atoms with E-state index in [0.717, 1.165) is 22.6 Å². The number of nitrogens with zero attached hydrogens (tertiary/aromatic N) is 3. The van der Waals surface area contributed by atoms with Crippen molar-refractivity contribution in [3.05, 3.63) is 17.3 Å². The highest BCUT2D eigenvalue weighted by molar-refractivity contribution is 7.18. The van der Waals surface area contributed by atoms with Crippen molar-refractivity contribution >= 4 is 39.0 Å². The van der Waals surface area contributed by atoms with Crippen LogP contribution in [0, 0.1) is 6.92 Å². The van der Waals surface area contributed by atoms with Gasteiger partial charge >= 0.3 is 0 Å². The van der Waals surface area contributed by atoms with Crippen molar-refractivity contribution in [2.75, 3.05) is 18.5 Å². The maximum Gasteiger partial charge on any atom is 0.140 e. The van der Waals surface area contributed by atoms with E-state index in [1.54, 1.807) is 17.7 Å². The molecule has 1 atom stereocenters. The first-order chi connectivity index (χ1) is 7.58. The summed E-state index contributed by atoms with van der Waals surface area (Å²) in [5, 5.41) is 1.22. The Morgan fingerprint density at radius 3 is 2.94 bits per heavy atom. The predicted octanol–water partition coefficient (Wildman–Crippen LogP) is 3.06. The molecule has 0 N–H and O–H groups in total. The Labute approximate surface area is 104 Å². The number of aromatic nitrogens is 2. The van der Waals surface area contributed by atoms with Crippen molar-refractivity contribution in [2.24, 2.45) is 0 Å². The van der Waals surface area contributed by atoms with Gasteiger partial charge in [0.05, 0.1) is 5.39 Å². The Hall–Kier alpha value is -0.870. The van der Waals surface area contributed by atoms with Gasteiger partial charge in [0.25, 0.3) is 0 Å². The summed E-state index contributed by atoms with van der Waals surface area (Å²) < 4.78 is 0. The van der Waals surface area contributed by atoms with Crippen LogP contribution >= 0.6 is 22.9 Å². The molecule has 0 bridgehead atoms. The van der Waals surface area contributed by atoms with Crippen LogP contribution in [0.3, 0.4) is 0 Å². The van der Waals surface area contributed by atoms with Crippen LogP contribution in [0.5, 0.6) is 0 Å². The summed E-state index contributed by atoms with van der Waals surface area (Å²) >= 11 is 7.69. The highest BCUT2D eigenvalue weighted by Gasteiger charge is 2.12. The third-order valence-electron chi connectivity index (χ3n) is 2.32. The standard InChI is InChI=1S/C11H14ClN3S/c1-7(12)5-15(3)10-9-4-8(2)16-11(9)14-6-13-10/h4,6-7H,5H2,1-3H3. The molecule has 2 aromatic heterocycles. The quantitative estimate of drug-likeness (QED) is 0.790. The summed E-state index contributed by atoms with van der Waals surface area (Å²) in [4.78, 5) is 13.0. The first-order valence-corrected chi connectivity index (χ1v) is 6.39. The summed E-state index contributed by atoms with van der Waals surface area (Å²) in [7, 11) is 2.01. The minimum atomic E-state index is 0.106. The van der Waals surface area contributed by atoms with Crippen molar-refractivity contribution < 1.29 is 0 Å². The lowest BCUT2D eigenvalue weighted by Gasteiger charge is -2.19. The Balaban J connectivity index is 2.43. The van der Waals surface area contributed by atoms with Gasteiger partial charge in [-0.05, 0) is 19.9 Å². The molecule has 0 radical (unpaired) electrons. The van der Waals surface area contributed by atoms with Crippen LogP contribution in [0.25, 0.3) is 10.2 Å². The van der Waals surface area contributed by atoms with E-state index in [1.807, 2.05) is 14.0 Å². The highest BCUT2D eigenvalue weighted by Crippen LogP contribution is 2.29. The zero-order valence-corrected chi connectivity index (χ0v) is 11.1. The van der Waals surface area contributed by atoms with E-state index in [9.17, 15) is 0 Å². The fourth-order valence-corrected chi connectivity index (χ4v) is 2.78. The van der Waals surface area contributed by atoms with E-state index in [4.69, 9.17) is 11.6 Å². The average molecular weight is 256 g/mol. The minimum absolute atomic E-state index is 0.106. The summed E-state index contributed by atoms with van der Waals surface area (Å²) in [5.74, 6) is 0.960. The highest BCUT2D eigenvalue weighted by atomic mass is 35.5.